The Bertz CT molecular complexity index is 764. The monoisotopic (exact) mass is 289 g/mol. The molecule has 0 aliphatic rings. The lowest BCUT2D eigenvalue weighted by Crippen LogP contribution is -1.95. The van der Waals surface area contributed by atoms with E-state index in [1.807, 2.05) is 49.4 Å². The summed E-state index contributed by atoms with van der Waals surface area (Å²) in [7, 11) is 0. The molecule has 0 saturated heterocycles. The lowest BCUT2D eigenvalue weighted by molar-refractivity contribution is 0.305. The maximum absolute atomic E-state index is 9.53. The van der Waals surface area contributed by atoms with Gasteiger partial charge in [0.25, 0.3) is 0 Å². The Morgan fingerprint density at radius 2 is 1.91 bits per heavy atom. The summed E-state index contributed by atoms with van der Waals surface area (Å²) in [5.74, 6) is 1.04. The summed E-state index contributed by atoms with van der Waals surface area (Å²) in [5.41, 5.74) is 4.39. The Labute approximate surface area is 130 Å². The van der Waals surface area contributed by atoms with Crippen LogP contribution in [0.1, 0.15) is 11.1 Å². The van der Waals surface area contributed by atoms with Crippen LogP contribution in [-0.2, 0) is 6.61 Å². The summed E-state index contributed by atoms with van der Waals surface area (Å²) < 4.78 is 5.74. The Hall–Kier alpha value is -2.74. The highest BCUT2D eigenvalue weighted by atomic mass is 16.5. The maximum Gasteiger partial charge on any atom is 0.127 e. The van der Waals surface area contributed by atoms with Crippen molar-refractivity contribution in [3.63, 3.8) is 0 Å². The molecule has 1 N–H and O–H groups in total. The molecule has 0 amide bonds. The van der Waals surface area contributed by atoms with Crippen molar-refractivity contribution < 1.29 is 9.84 Å². The van der Waals surface area contributed by atoms with Gasteiger partial charge in [0.05, 0.1) is 0 Å². The minimum absolute atomic E-state index is 0.292. The molecule has 0 bridgehead atoms. The number of aryl methyl sites for hydroxylation is 1. The zero-order chi connectivity index (χ0) is 15.4. The Kier molecular flexibility index (Phi) is 4.10. The Morgan fingerprint density at radius 3 is 2.68 bits per heavy atom. The van der Waals surface area contributed by atoms with E-state index in [4.69, 9.17) is 4.74 Å². The van der Waals surface area contributed by atoms with E-state index >= 15 is 0 Å². The van der Waals surface area contributed by atoms with Crippen molar-refractivity contribution >= 4 is 0 Å². The molecule has 3 aromatic carbocycles. The van der Waals surface area contributed by atoms with Crippen molar-refractivity contribution in [1.29, 1.82) is 0 Å². The standard InChI is InChI=1S/C20H17O2/c1-15-12-18(21)10-11-20(15)17-7-5-6-16(13-17)14-22-19-8-3-2-4-9-19/h2-8,10-13,21H,14H2,1H3. The lowest BCUT2D eigenvalue weighted by atomic mass is 9.99. The molecule has 0 aliphatic carbocycles. The topological polar surface area (TPSA) is 29.5 Å². The first-order valence-corrected chi connectivity index (χ1v) is 7.21. The van der Waals surface area contributed by atoms with Gasteiger partial charge in [0.1, 0.15) is 18.1 Å². The van der Waals surface area contributed by atoms with Gasteiger partial charge < -0.3 is 9.84 Å². The quantitative estimate of drug-likeness (QED) is 0.751. The van der Waals surface area contributed by atoms with Crippen molar-refractivity contribution in [3.8, 4) is 22.6 Å². The fourth-order valence-corrected chi connectivity index (χ4v) is 2.43. The molecule has 3 rings (SSSR count). The third-order valence-corrected chi connectivity index (χ3v) is 3.52. The van der Waals surface area contributed by atoms with Crippen molar-refractivity contribution in [2.45, 2.75) is 13.5 Å². The van der Waals surface area contributed by atoms with Crippen LogP contribution in [0.5, 0.6) is 11.5 Å². The summed E-state index contributed by atoms with van der Waals surface area (Å²) in [4.78, 5) is 0. The van der Waals surface area contributed by atoms with E-state index in [2.05, 4.69) is 18.2 Å². The minimum Gasteiger partial charge on any atom is -0.508 e. The van der Waals surface area contributed by atoms with Crippen LogP contribution in [-0.4, -0.2) is 5.11 Å². The molecule has 0 spiro atoms. The van der Waals surface area contributed by atoms with Gasteiger partial charge in [-0.1, -0.05) is 42.5 Å². The average Bonchev–Trinajstić information content (AvgIpc) is 2.54. The molecule has 3 aromatic rings. The number of rotatable bonds is 4. The highest BCUT2D eigenvalue weighted by molar-refractivity contribution is 5.68. The zero-order valence-corrected chi connectivity index (χ0v) is 12.4. The van der Waals surface area contributed by atoms with E-state index in [1.165, 1.54) is 0 Å². The summed E-state index contributed by atoms with van der Waals surface area (Å²) in [6.45, 7) is 2.50. The van der Waals surface area contributed by atoms with Crippen LogP contribution < -0.4 is 4.74 Å². The van der Waals surface area contributed by atoms with Gasteiger partial charge in [0, 0.05) is 6.07 Å². The molecule has 109 valence electrons. The van der Waals surface area contributed by atoms with Crippen LogP contribution in [0.4, 0.5) is 0 Å². The minimum atomic E-state index is 0.292. The molecule has 0 aliphatic heterocycles. The second-order valence-electron chi connectivity index (χ2n) is 5.22. The molecule has 1 radical (unpaired) electrons. The van der Waals surface area contributed by atoms with Gasteiger partial charge in [-0.15, -0.1) is 0 Å². The van der Waals surface area contributed by atoms with Gasteiger partial charge in [0.2, 0.25) is 0 Å². The predicted octanol–water partition coefficient (Wildman–Crippen LogP) is 4.75. The second kappa shape index (κ2) is 6.35. The fraction of sp³-hybridized carbons (Fsp3) is 0.100. The zero-order valence-electron chi connectivity index (χ0n) is 12.4. The number of phenols is 1. The number of aromatic hydroxyl groups is 1. The van der Waals surface area contributed by atoms with Gasteiger partial charge in [-0.25, -0.2) is 0 Å². The number of phenolic OH excluding ortho intramolecular Hbond substituents is 1. The van der Waals surface area contributed by atoms with Crippen LogP contribution in [0.15, 0.2) is 66.7 Å². The fourth-order valence-electron chi connectivity index (χ4n) is 2.43. The van der Waals surface area contributed by atoms with Gasteiger partial charge in [0.15, 0.2) is 0 Å². The summed E-state index contributed by atoms with van der Waals surface area (Å²) >= 11 is 0. The van der Waals surface area contributed by atoms with Crippen LogP contribution >= 0.6 is 0 Å². The first-order chi connectivity index (χ1) is 10.7. The third-order valence-electron chi connectivity index (χ3n) is 3.52. The lowest BCUT2D eigenvalue weighted by Gasteiger charge is -2.10. The smallest absolute Gasteiger partial charge is 0.127 e. The number of hydrogen-bond donors (Lipinski definition) is 1. The molecule has 0 unspecified atom stereocenters. The number of ether oxygens (including phenoxy) is 1. The number of hydrogen-bond acceptors (Lipinski definition) is 2. The van der Waals surface area contributed by atoms with E-state index in [0.29, 0.717) is 12.4 Å². The van der Waals surface area contributed by atoms with Crippen LogP contribution in [0.25, 0.3) is 11.1 Å². The molecule has 0 fully saturated rings. The highest BCUT2D eigenvalue weighted by Crippen LogP contribution is 2.27. The molecule has 2 heteroatoms. The van der Waals surface area contributed by atoms with Crippen molar-refractivity contribution in [2.24, 2.45) is 0 Å². The van der Waals surface area contributed by atoms with E-state index in [9.17, 15) is 5.11 Å². The van der Waals surface area contributed by atoms with E-state index in [1.54, 1.807) is 12.1 Å². The van der Waals surface area contributed by atoms with Crippen molar-refractivity contribution in [1.82, 2.24) is 0 Å². The Balaban J connectivity index is 1.80. The SMILES string of the molecule is Cc1cc(O)ccc1-c1cccc(COc2[c]cccc2)c1. The van der Waals surface area contributed by atoms with Gasteiger partial charge in [-0.3, -0.25) is 0 Å². The molecule has 22 heavy (non-hydrogen) atoms. The number of benzene rings is 3. The first kappa shape index (κ1) is 14.2. The normalized spacial score (nSPS) is 10.4. The second-order valence-corrected chi connectivity index (χ2v) is 5.22. The van der Waals surface area contributed by atoms with Crippen LogP contribution in [0.3, 0.4) is 0 Å². The van der Waals surface area contributed by atoms with Crippen molar-refractivity contribution in [3.05, 3.63) is 83.9 Å². The molecular formula is C20H17O2. The molecule has 0 aromatic heterocycles. The van der Waals surface area contributed by atoms with Crippen LogP contribution in [0, 0.1) is 13.0 Å². The Morgan fingerprint density at radius 1 is 1.00 bits per heavy atom. The van der Waals surface area contributed by atoms with Crippen molar-refractivity contribution in [2.75, 3.05) is 0 Å². The summed E-state index contributed by atoms with van der Waals surface area (Å²) in [5, 5.41) is 9.53. The molecular weight excluding hydrogens is 272 g/mol. The number of para-hydroxylation sites is 1. The van der Waals surface area contributed by atoms with E-state index in [0.717, 1.165) is 28.0 Å². The van der Waals surface area contributed by atoms with Gasteiger partial charge in [-0.2, -0.15) is 0 Å². The predicted molar refractivity (Wildman–Crippen MR) is 87.9 cm³/mol. The molecule has 0 atom stereocenters. The molecule has 0 heterocycles. The summed E-state index contributed by atoms with van der Waals surface area (Å²) in [6.07, 6.45) is 0. The average molecular weight is 289 g/mol. The third kappa shape index (κ3) is 3.29. The molecule has 0 saturated carbocycles. The summed E-state index contributed by atoms with van der Waals surface area (Å²) in [6, 6.07) is 24.3. The van der Waals surface area contributed by atoms with Gasteiger partial charge in [-0.05, 0) is 53.4 Å². The maximum atomic E-state index is 9.53. The van der Waals surface area contributed by atoms with Crippen LogP contribution in [0.2, 0.25) is 0 Å². The highest BCUT2D eigenvalue weighted by Gasteiger charge is 2.04. The molecule has 2 nitrogen and oxygen atoms in total. The van der Waals surface area contributed by atoms with E-state index in [-0.39, 0.29) is 0 Å². The first-order valence-electron chi connectivity index (χ1n) is 7.21. The largest absolute Gasteiger partial charge is 0.508 e. The van der Waals surface area contributed by atoms with E-state index < -0.39 is 0 Å². The van der Waals surface area contributed by atoms with Gasteiger partial charge >= 0.3 is 0 Å².